The van der Waals surface area contributed by atoms with E-state index in [1.807, 2.05) is 20.8 Å². The lowest BCUT2D eigenvalue weighted by Crippen LogP contribution is -2.33. The van der Waals surface area contributed by atoms with Crippen molar-refractivity contribution in [1.82, 2.24) is 5.32 Å². The van der Waals surface area contributed by atoms with Gasteiger partial charge >= 0.3 is 5.97 Å². The fourth-order valence-corrected chi connectivity index (χ4v) is 1.25. The summed E-state index contributed by atoms with van der Waals surface area (Å²) in [6.45, 7) is 5.83. The van der Waals surface area contributed by atoms with Crippen LogP contribution in [0.1, 0.15) is 33.6 Å². The maximum Gasteiger partial charge on any atom is 0.303 e. The fraction of sp³-hybridized carbons (Fsp3) is 0.818. The maximum absolute atomic E-state index is 11.4. The average molecular weight is 231 g/mol. The van der Waals surface area contributed by atoms with Crippen LogP contribution in [0.4, 0.5) is 0 Å². The molecule has 0 aliphatic rings. The Morgan fingerprint density at radius 2 is 1.88 bits per heavy atom. The summed E-state index contributed by atoms with van der Waals surface area (Å²) in [6.07, 6.45) is 0.254. The molecule has 0 saturated heterocycles. The highest BCUT2D eigenvalue weighted by molar-refractivity contribution is 5.76. The summed E-state index contributed by atoms with van der Waals surface area (Å²) in [7, 11) is 0. The molecule has 0 radical (unpaired) electrons. The number of aliphatic hydroxyl groups is 1. The van der Waals surface area contributed by atoms with Gasteiger partial charge in [-0.15, -0.1) is 0 Å². The number of rotatable bonds is 6. The number of carbonyl (C=O) groups is 2. The molecule has 0 spiro atoms. The zero-order valence-electron chi connectivity index (χ0n) is 10.1. The first-order valence-electron chi connectivity index (χ1n) is 5.34. The van der Waals surface area contributed by atoms with Crippen molar-refractivity contribution < 1.29 is 19.8 Å². The van der Waals surface area contributed by atoms with Gasteiger partial charge in [-0.1, -0.05) is 20.8 Å². The van der Waals surface area contributed by atoms with Crippen LogP contribution in [0.15, 0.2) is 0 Å². The van der Waals surface area contributed by atoms with Gasteiger partial charge in [-0.05, 0) is 5.41 Å². The van der Waals surface area contributed by atoms with Crippen LogP contribution in [0.2, 0.25) is 0 Å². The predicted octanol–water partition coefficient (Wildman–Crippen LogP) is 0.622. The van der Waals surface area contributed by atoms with E-state index >= 15 is 0 Å². The van der Waals surface area contributed by atoms with Crippen LogP contribution in [0, 0.1) is 11.3 Å². The molecule has 3 N–H and O–H groups in total. The van der Waals surface area contributed by atoms with E-state index in [9.17, 15) is 9.59 Å². The molecular weight excluding hydrogens is 210 g/mol. The van der Waals surface area contributed by atoms with Crippen LogP contribution >= 0.6 is 0 Å². The van der Waals surface area contributed by atoms with Gasteiger partial charge in [-0.3, -0.25) is 9.59 Å². The average Bonchev–Trinajstić information content (AvgIpc) is 2.08. The molecule has 16 heavy (non-hydrogen) atoms. The standard InChI is InChI=1S/C11H21NO4/c1-11(2,3)5-9(14)12-6-8(7-13)4-10(15)16/h8,13H,4-7H2,1-3H3,(H,12,14)(H,15,16). The second kappa shape index (κ2) is 6.48. The molecule has 0 aliphatic carbocycles. The second-order valence-electron chi connectivity index (χ2n) is 5.19. The predicted molar refractivity (Wildman–Crippen MR) is 59.9 cm³/mol. The number of carbonyl (C=O) groups excluding carboxylic acids is 1. The van der Waals surface area contributed by atoms with E-state index in [1.165, 1.54) is 0 Å². The van der Waals surface area contributed by atoms with Crippen LogP contribution in [0.3, 0.4) is 0 Å². The molecule has 0 saturated carbocycles. The van der Waals surface area contributed by atoms with Gasteiger partial charge < -0.3 is 15.5 Å². The quantitative estimate of drug-likeness (QED) is 0.625. The molecule has 1 amide bonds. The molecule has 1 atom stereocenters. The lowest BCUT2D eigenvalue weighted by Gasteiger charge is -2.19. The lowest BCUT2D eigenvalue weighted by molar-refractivity contribution is -0.138. The Balaban J connectivity index is 3.93. The van der Waals surface area contributed by atoms with Gasteiger partial charge in [-0.2, -0.15) is 0 Å². The highest BCUT2D eigenvalue weighted by Gasteiger charge is 2.18. The van der Waals surface area contributed by atoms with Crippen molar-refractivity contribution in [3.8, 4) is 0 Å². The first-order chi connectivity index (χ1) is 7.24. The third kappa shape index (κ3) is 8.23. The Labute approximate surface area is 95.9 Å². The first kappa shape index (κ1) is 14.9. The molecule has 1 unspecified atom stereocenters. The largest absolute Gasteiger partial charge is 0.481 e. The van der Waals surface area contributed by atoms with Crippen LogP contribution in [-0.2, 0) is 9.59 Å². The smallest absolute Gasteiger partial charge is 0.303 e. The normalized spacial score (nSPS) is 13.2. The molecule has 0 aromatic rings. The van der Waals surface area contributed by atoms with Crippen molar-refractivity contribution in [3.05, 3.63) is 0 Å². The summed E-state index contributed by atoms with van der Waals surface area (Å²) in [4.78, 5) is 21.8. The SMILES string of the molecule is CC(C)(C)CC(=O)NCC(CO)CC(=O)O. The van der Waals surface area contributed by atoms with Gasteiger partial charge in [-0.25, -0.2) is 0 Å². The van der Waals surface area contributed by atoms with Gasteiger partial charge in [0.15, 0.2) is 0 Å². The molecule has 0 bridgehead atoms. The van der Waals surface area contributed by atoms with E-state index in [-0.39, 0.29) is 30.9 Å². The van der Waals surface area contributed by atoms with Gasteiger partial charge in [0.25, 0.3) is 0 Å². The summed E-state index contributed by atoms with van der Waals surface area (Å²) >= 11 is 0. The summed E-state index contributed by atoms with van der Waals surface area (Å²) in [5, 5.41) is 20.1. The Morgan fingerprint density at radius 3 is 2.25 bits per heavy atom. The molecule has 0 aromatic carbocycles. The Bertz CT molecular complexity index is 245. The minimum atomic E-state index is -0.968. The van der Waals surface area contributed by atoms with Crippen molar-refractivity contribution in [2.45, 2.75) is 33.6 Å². The summed E-state index contributed by atoms with van der Waals surface area (Å²) in [6, 6.07) is 0. The van der Waals surface area contributed by atoms with Crippen LogP contribution in [0.25, 0.3) is 0 Å². The van der Waals surface area contributed by atoms with Crippen molar-refractivity contribution in [3.63, 3.8) is 0 Å². The van der Waals surface area contributed by atoms with Crippen molar-refractivity contribution in [1.29, 1.82) is 0 Å². The monoisotopic (exact) mass is 231 g/mol. The second-order valence-corrected chi connectivity index (χ2v) is 5.19. The van der Waals surface area contributed by atoms with Gasteiger partial charge in [0.2, 0.25) is 5.91 Å². The zero-order chi connectivity index (χ0) is 12.8. The summed E-state index contributed by atoms with van der Waals surface area (Å²) < 4.78 is 0. The fourth-order valence-electron chi connectivity index (χ4n) is 1.25. The molecule has 0 aliphatic heterocycles. The number of hydrogen-bond acceptors (Lipinski definition) is 3. The molecule has 5 nitrogen and oxygen atoms in total. The maximum atomic E-state index is 11.4. The van der Waals surface area contributed by atoms with Crippen molar-refractivity contribution in [2.24, 2.45) is 11.3 Å². The van der Waals surface area contributed by atoms with E-state index in [2.05, 4.69) is 5.32 Å². The van der Waals surface area contributed by atoms with Crippen molar-refractivity contribution in [2.75, 3.05) is 13.2 Å². The third-order valence-corrected chi connectivity index (χ3v) is 2.00. The molecule has 0 rings (SSSR count). The van der Waals surface area contributed by atoms with Gasteiger partial charge in [0.05, 0.1) is 6.42 Å². The van der Waals surface area contributed by atoms with Crippen molar-refractivity contribution >= 4 is 11.9 Å². The summed E-state index contributed by atoms with van der Waals surface area (Å²) in [5.41, 5.74) is -0.0917. The Kier molecular flexibility index (Phi) is 6.03. The highest BCUT2D eigenvalue weighted by atomic mass is 16.4. The molecule has 94 valence electrons. The molecular formula is C11H21NO4. The molecule has 0 aromatic heterocycles. The van der Waals surface area contributed by atoms with Crippen LogP contribution in [0.5, 0.6) is 0 Å². The van der Waals surface area contributed by atoms with Gasteiger partial charge in [0.1, 0.15) is 0 Å². The number of hydrogen-bond donors (Lipinski definition) is 3. The number of aliphatic carboxylic acids is 1. The van der Waals surface area contributed by atoms with Gasteiger partial charge in [0, 0.05) is 25.5 Å². The highest BCUT2D eigenvalue weighted by Crippen LogP contribution is 2.17. The van der Waals surface area contributed by atoms with E-state index in [0.29, 0.717) is 6.42 Å². The van der Waals surface area contributed by atoms with E-state index in [1.54, 1.807) is 0 Å². The van der Waals surface area contributed by atoms with E-state index in [0.717, 1.165) is 0 Å². The van der Waals surface area contributed by atoms with Crippen LogP contribution < -0.4 is 5.32 Å². The third-order valence-electron chi connectivity index (χ3n) is 2.00. The number of nitrogens with one attached hydrogen (secondary N) is 1. The minimum Gasteiger partial charge on any atom is -0.481 e. The number of amides is 1. The van der Waals surface area contributed by atoms with E-state index < -0.39 is 11.9 Å². The minimum absolute atomic E-state index is 0.0917. The molecule has 5 heteroatoms. The molecule has 0 fully saturated rings. The zero-order valence-corrected chi connectivity index (χ0v) is 10.1. The Hall–Kier alpha value is -1.10. The van der Waals surface area contributed by atoms with Crippen LogP contribution in [-0.4, -0.2) is 35.2 Å². The molecule has 0 heterocycles. The topological polar surface area (TPSA) is 86.6 Å². The first-order valence-corrected chi connectivity index (χ1v) is 5.34. The lowest BCUT2D eigenvalue weighted by atomic mass is 9.92. The van der Waals surface area contributed by atoms with E-state index in [4.69, 9.17) is 10.2 Å². The Morgan fingerprint density at radius 1 is 1.31 bits per heavy atom. The summed E-state index contributed by atoms with van der Waals surface area (Å²) in [5.74, 6) is -1.50. The number of aliphatic hydroxyl groups excluding tert-OH is 1. The number of carboxylic acid groups (broad SMARTS) is 1. The number of carboxylic acids is 1.